The second-order valence-electron chi connectivity index (χ2n) is 4.14. The Hall–Kier alpha value is -2.26. The van der Waals surface area contributed by atoms with Gasteiger partial charge in [0, 0.05) is 13.1 Å². The zero-order chi connectivity index (χ0) is 19.0. The lowest BCUT2D eigenvalue weighted by atomic mass is 10.3. The second-order valence-corrected chi connectivity index (χ2v) is 6.30. The largest absolute Gasteiger partial charge is 0.435 e. The van der Waals surface area contributed by atoms with Crippen molar-refractivity contribution in [2.75, 3.05) is 13.3 Å². The van der Waals surface area contributed by atoms with E-state index in [0.29, 0.717) is 10.6 Å². The zero-order valence-electron chi connectivity index (χ0n) is 14.3. The molecule has 0 aliphatic carbocycles. The fourth-order valence-corrected chi connectivity index (χ4v) is 3.35. The number of nitro benzene ring substituents is 1. The minimum Gasteiger partial charge on any atom is -0.435 e. The minimum absolute atomic E-state index is 0.148. The van der Waals surface area contributed by atoms with Crippen LogP contribution in [0.25, 0.3) is 0 Å². The number of non-ortho nitro benzene ring substituents is 1. The summed E-state index contributed by atoms with van der Waals surface area (Å²) >= 11 is 2.93. The van der Waals surface area contributed by atoms with E-state index in [2.05, 4.69) is 16.7 Å². The molecule has 0 bridgehead atoms. The summed E-state index contributed by atoms with van der Waals surface area (Å²) in [5.74, 6) is -0.814. The molecule has 6 nitrogen and oxygen atoms in total. The highest BCUT2D eigenvalue weighted by Gasteiger charge is 2.18. The fraction of sp³-hybridized carbons (Fsp3) is 0.250. The van der Waals surface area contributed by atoms with Gasteiger partial charge in [-0.1, -0.05) is 13.8 Å². The van der Waals surface area contributed by atoms with E-state index in [4.69, 9.17) is 4.74 Å². The number of rotatable bonds is 5. The maximum Gasteiger partial charge on any atom is 0.272 e. The van der Waals surface area contributed by atoms with E-state index >= 15 is 0 Å². The number of nitrogens with zero attached hydrogens (tertiary/aromatic N) is 3. The highest BCUT2D eigenvalue weighted by Crippen LogP contribution is 2.36. The van der Waals surface area contributed by atoms with E-state index in [1.54, 1.807) is 0 Å². The third-order valence-corrected chi connectivity index (χ3v) is 4.97. The molecular weight excluding hydrogens is 365 g/mol. The third kappa shape index (κ3) is 5.10. The van der Waals surface area contributed by atoms with E-state index in [0.717, 1.165) is 10.3 Å². The molecule has 0 fully saturated rings. The van der Waals surface area contributed by atoms with Gasteiger partial charge in [-0.15, -0.1) is 23.1 Å². The van der Waals surface area contributed by atoms with Crippen molar-refractivity contribution in [1.29, 1.82) is 0 Å². The summed E-state index contributed by atoms with van der Waals surface area (Å²) in [6.45, 7) is 7.50. The number of nitro groups is 1. The first-order chi connectivity index (χ1) is 12.0. The lowest BCUT2D eigenvalue weighted by Gasteiger charge is -2.08. The number of aliphatic imine (C=N–C) groups is 2. The van der Waals surface area contributed by atoms with Crippen LogP contribution in [-0.4, -0.2) is 30.8 Å². The van der Waals surface area contributed by atoms with Crippen molar-refractivity contribution in [2.24, 2.45) is 9.98 Å². The summed E-state index contributed by atoms with van der Waals surface area (Å²) in [6.07, 6.45) is 1.92. The van der Waals surface area contributed by atoms with Crippen LogP contribution in [0.5, 0.6) is 5.75 Å². The summed E-state index contributed by atoms with van der Waals surface area (Å²) < 4.78 is 20.4. The van der Waals surface area contributed by atoms with Gasteiger partial charge in [0.15, 0.2) is 11.6 Å². The Kier molecular flexibility index (Phi) is 8.23. The number of thioether (sulfide) groups is 1. The SMILES string of the molecule is C=Nc1cc(SC)sc1C(=NC)Oc1ccc([N+](=O)[O-])cc1F.CC. The predicted octanol–water partition coefficient (Wildman–Crippen LogP) is 5.33. The van der Waals surface area contributed by atoms with Crippen LogP contribution in [0.1, 0.15) is 18.7 Å². The molecular formula is C16H18FN3O3S2. The standard InChI is InChI=1S/C14H12FN3O3S2.C2H6/c1-16-10-7-12(22-3)23-13(10)14(17-2)21-11-5-4-8(18(19)20)6-9(11)15;1-2/h4-7H,1H2,2-3H3;1-2H3. The summed E-state index contributed by atoms with van der Waals surface area (Å²) in [5.41, 5.74) is 0.237. The molecule has 0 saturated heterocycles. The molecule has 0 aliphatic rings. The second kappa shape index (κ2) is 9.90. The van der Waals surface area contributed by atoms with Crippen molar-refractivity contribution < 1.29 is 14.1 Å². The molecule has 9 heteroatoms. The molecule has 0 unspecified atom stereocenters. The van der Waals surface area contributed by atoms with E-state index in [-0.39, 0.29) is 17.3 Å². The Morgan fingerprint density at radius 2 is 2.08 bits per heavy atom. The molecule has 25 heavy (non-hydrogen) atoms. The van der Waals surface area contributed by atoms with Gasteiger partial charge in [-0.2, -0.15) is 0 Å². The van der Waals surface area contributed by atoms with Gasteiger partial charge in [0.1, 0.15) is 4.88 Å². The van der Waals surface area contributed by atoms with Crippen LogP contribution in [0.4, 0.5) is 15.8 Å². The minimum atomic E-state index is -0.838. The molecule has 1 aromatic carbocycles. The number of thiophene rings is 1. The fourth-order valence-electron chi connectivity index (χ4n) is 1.71. The summed E-state index contributed by atoms with van der Waals surface area (Å²) in [6, 6.07) is 5.00. The Labute approximate surface area is 153 Å². The van der Waals surface area contributed by atoms with Gasteiger partial charge >= 0.3 is 0 Å². The molecule has 134 valence electrons. The van der Waals surface area contributed by atoms with Gasteiger partial charge in [-0.05, 0) is 25.1 Å². The van der Waals surface area contributed by atoms with E-state index < -0.39 is 10.7 Å². The normalized spacial score (nSPS) is 10.7. The van der Waals surface area contributed by atoms with E-state index in [1.807, 2.05) is 26.2 Å². The van der Waals surface area contributed by atoms with Crippen LogP contribution < -0.4 is 4.74 Å². The van der Waals surface area contributed by atoms with Crippen LogP contribution in [0.3, 0.4) is 0 Å². The van der Waals surface area contributed by atoms with E-state index in [1.165, 1.54) is 42.3 Å². The predicted molar refractivity (Wildman–Crippen MR) is 103 cm³/mol. The first-order valence-electron chi connectivity index (χ1n) is 7.23. The van der Waals surface area contributed by atoms with Crippen LogP contribution in [0.2, 0.25) is 0 Å². The molecule has 0 atom stereocenters. The maximum atomic E-state index is 14.0. The first-order valence-corrected chi connectivity index (χ1v) is 9.27. The smallest absolute Gasteiger partial charge is 0.272 e. The maximum absolute atomic E-state index is 14.0. The van der Waals surface area contributed by atoms with Crippen LogP contribution in [-0.2, 0) is 0 Å². The Bertz CT molecular complexity index is 791. The average Bonchev–Trinajstić information content (AvgIpc) is 3.05. The Morgan fingerprint density at radius 3 is 2.56 bits per heavy atom. The van der Waals surface area contributed by atoms with Crippen molar-refractivity contribution in [3.63, 3.8) is 0 Å². The highest BCUT2D eigenvalue weighted by atomic mass is 32.2. The lowest BCUT2D eigenvalue weighted by molar-refractivity contribution is -0.385. The molecule has 2 aromatic rings. The zero-order valence-corrected chi connectivity index (χ0v) is 15.9. The van der Waals surface area contributed by atoms with Crippen molar-refractivity contribution in [2.45, 2.75) is 18.1 Å². The lowest BCUT2D eigenvalue weighted by Crippen LogP contribution is -2.10. The number of ether oxygens (including phenoxy) is 1. The van der Waals surface area contributed by atoms with Crippen molar-refractivity contribution in [1.82, 2.24) is 0 Å². The average molecular weight is 383 g/mol. The van der Waals surface area contributed by atoms with Gasteiger partial charge in [-0.25, -0.2) is 4.39 Å². The van der Waals surface area contributed by atoms with Crippen LogP contribution in [0, 0.1) is 15.9 Å². The molecule has 0 amide bonds. The number of hydrogen-bond donors (Lipinski definition) is 0. The molecule has 2 rings (SSSR count). The molecule has 0 spiro atoms. The van der Waals surface area contributed by atoms with Gasteiger partial charge in [0.25, 0.3) is 5.69 Å². The molecule has 1 heterocycles. The quantitative estimate of drug-likeness (QED) is 0.230. The number of benzene rings is 1. The molecule has 0 aliphatic heterocycles. The van der Waals surface area contributed by atoms with Crippen LogP contribution >= 0.6 is 23.1 Å². The molecule has 0 radical (unpaired) electrons. The van der Waals surface area contributed by atoms with E-state index in [9.17, 15) is 14.5 Å². The van der Waals surface area contributed by atoms with Crippen molar-refractivity contribution >= 4 is 47.1 Å². The van der Waals surface area contributed by atoms with Crippen LogP contribution in [0.15, 0.2) is 38.5 Å². The topological polar surface area (TPSA) is 77.1 Å². The molecule has 0 saturated carbocycles. The Morgan fingerprint density at radius 1 is 1.40 bits per heavy atom. The molecule has 0 N–H and O–H groups in total. The van der Waals surface area contributed by atoms with Gasteiger partial charge in [0.2, 0.25) is 5.90 Å². The summed E-state index contributed by atoms with van der Waals surface area (Å²) in [4.78, 5) is 18.5. The van der Waals surface area contributed by atoms with Crippen molar-refractivity contribution in [3.8, 4) is 5.75 Å². The number of halogens is 1. The van der Waals surface area contributed by atoms with Gasteiger partial charge in [-0.3, -0.25) is 20.1 Å². The summed E-state index contributed by atoms with van der Waals surface area (Å²) in [5, 5.41) is 10.6. The summed E-state index contributed by atoms with van der Waals surface area (Å²) in [7, 11) is 1.50. The monoisotopic (exact) mass is 383 g/mol. The number of hydrogen-bond acceptors (Lipinski definition) is 7. The molecule has 1 aromatic heterocycles. The Balaban J connectivity index is 0.00000151. The van der Waals surface area contributed by atoms with Gasteiger partial charge < -0.3 is 4.74 Å². The van der Waals surface area contributed by atoms with Gasteiger partial charge in [0.05, 0.1) is 20.9 Å². The van der Waals surface area contributed by atoms with Crippen molar-refractivity contribution in [3.05, 3.63) is 45.1 Å². The highest BCUT2D eigenvalue weighted by molar-refractivity contribution is 8.00. The first kappa shape index (κ1) is 20.8. The third-order valence-electron chi connectivity index (χ3n) is 2.79.